The summed E-state index contributed by atoms with van der Waals surface area (Å²) in [6, 6.07) is 0.436. The highest BCUT2D eigenvalue weighted by molar-refractivity contribution is 9.10. The van der Waals surface area contributed by atoms with Crippen molar-refractivity contribution in [3.05, 3.63) is 10.8 Å². The molecule has 16 heavy (non-hydrogen) atoms. The largest absolute Gasteiger partial charge is 0.372 e. The van der Waals surface area contributed by atoms with E-state index in [4.69, 9.17) is 0 Å². The van der Waals surface area contributed by atoms with Gasteiger partial charge in [-0.1, -0.05) is 0 Å². The van der Waals surface area contributed by atoms with Crippen molar-refractivity contribution in [1.82, 2.24) is 9.97 Å². The third-order valence-electron chi connectivity index (χ3n) is 2.41. The van der Waals surface area contributed by atoms with Gasteiger partial charge in [0.05, 0.1) is 0 Å². The number of nitrogens with zero attached hydrogens (tertiary/aromatic N) is 3. The van der Waals surface area contributed by atoms with Gasteiger partial charge >= 0.3 is 0 Å². The molecule has 0 radical (unpaired) electrons. The van der Waals surface area contributed by atoms with Gasteiger partial charge in [0.2, 0.25) is 0 Å². The van der Waals surface area contributed by atoms with E-state index in [1.54, 1.807) is 6.33 Å². The smallest absolute Gasteiger partial charge is 0.148 e. The van der Waals surface area contributed by atoms with Crippen molar-refractivity contribution in [2.75, 3.05) is 36.3 Å². The number of nitrogens with one attached hydrogen (secondary N) is 1. The summed E-state index contributed by atoms with van der Waals surface area (Å²) >= 11 is 5.36. The fourth-order valence-corrected chi connectivity index (χ4v) is 2.73. The number of halogens is 1. The second kappa shape index (κ2) is 6.30. The summed E-state index contributed by atoms with van der Waals surface area (Å²) in [5.74, 6) is 2.80. The summed E-state index contributed by atoms with van der Waals surface area (Å²) in [6.45, 7) is 2.18. The zero-order valence-electron chi connectivity index (χ0n) is 9.99. The Labute approximate surface area is 109 Å². The maximum atomic E-state index is 4.31. The number of rotatable bonds is 5. The Morgan fingerprint density at radius 1 is 1.56 bits per heavy atom. The molecule has 1 atom stereocenters. The molecule has 1 aromatic heterocycles. The Balaban J connectivity index is 2.94. The lowest BCUT2D eigenvalue weighted by molar-refractivity contribution is 0.749. The number of aromatic nitrogens is 2. The van der Waals surface area contributed by atoms with Gasteiger partial charge in [-0.05, 0) is 29.1 Å². The molecule has 4 nitrogen and oxygen atoms in total. The van der Waals surface area contributed by atoms with E-state index in [-0.39, 0.29) is 0 Å². The molecule has 6 heteroatoms. The van der Waals surface area contributed by atoms with Crippen LogP contribution in [0.5, 0.6) is 0 Å². The van der Waals surface area contributed by atoms with Crippen LogP contribution in [0.1, 0.15) is 6.92 Å². The van der Waals surface area contributed by atoms with E-state index in [2.05, 4.69) is 49.3 Å². The molecule has 0 fully saturated rings. The molecule has 0 amide bonds. The average molecular weight is 305 g/mol. The highest BCUT2D eigenvalue weighted by Crippen LogP contribution is 2.29. The van der Waals surface area contributed by atoms with Crippen molar-refractivity contribution >= 4 is 39.3 Å². The molecule has 0 aromatic carbocycles. The highest BCUT2D eigenvalue weighted by Gasteiger charge is 2.16. The molecule has 1 heterocycles. The minimum absolute atomic E-state index is 0.436. The summed E-state index contributed by atoms with van der Waals surface area (Å²) in [7, 11) is 3.90. The van der Waals surface area contributed by atoms with Crippen LogP contribution in [0.25, 0.3) is 0 Å². The van der Waals surface area contributed by atoms with E-state index < -0.39 is 0 Å². The normalized spacial score (nSPS) is 12.3. The fraction of sp³-hybridized carbons (Fsp3) is 0.600. The van der Waals surface area contributed by atoms with Crippen molar-refractivity contribution in [1.29, 1.82) is 0 Å². The SMILES string of the molecule is CNc1ncnc(N(C)C(C)CSC)c1Br. The van der Waals surface area contributed by atoms with Crippen LogP contribution in [0.15, 0.2) is 10.8 Å². The molecule has 0 saturated carbocycles. The second-order valence-electron chi connectivity index (χ2n) is 3.53. The number of anilines is 2. The van der Waals surface area contributed by atoms with E-state index in [1.807, 2.05) is 25.9 Å². The standard InChI is InChI=1S/C10H17BrN4S/c1-7(5-16-4)15(3)10-8(11)9(12-2)13-6-14-10/h6-7H,5H2,1-4H3,(H,12,13,14). The van der Waals surface area contributed by atoms with Crippen LogP contribution < -0.4 is 10.2 Å². The van der Waals surface area contributed by atoms with Gasteiger partial charge in [0, 0.05) is 25.9 Å². The second-order valence-corrected chi connectivity index (χ2v) is 5.23. The van der Waals surface area contributed by atoms with E-state index in [0.717, 1.165) is 21.9 Å². The van der Waals surface area contributed by atoms with Crippen molar-refractivity contribution < 1.29 is 0 Å². The predicted molar refractivity (Wildman–Crippen MR) is 75.5 cm³/mol. The van der Waals surface area contributed by atoms with E-state index in [0.29, 0.717) is 6.04 Å². The van der Waals surface area contributed by atoms with Gasteiger partial charge in [-0.3, -0.25) is 0 Å². The monoisotopic (exact) mass is 304 g/mol. The first kappa shape index (κ1) is 13.6. The van der Waals surface area contributed by atoms with Crippen LogP contribution in [0, 0.1) is 0 Å². The Kier molecular flexibility index (Phi) is 5.34. The molecule has 90 valence electrons. The molecule has 1 N–H and O–H groups in total. The van der Waals surface area contributed by atoms with Crippen LogP contribution in [0.4, 0.5) is 11.6 Å². The van der Waals surface area contributed by atoms with Crippen LogP contribution in [-0.2, 0) is 0 Å². The fourth-order valence-electron chi connectivity index (χ4n) is 1.34. The van der Waals surface area contributed by atoms with Crippen LogP contribution in [0.2, 0.25) is 0 Å². The minimum Gasteiger partial charge on any atom is -0.372 e. The van der Waals surface area contributed by atoms with Crippen LogP contribution in [-0.4, -0.2) is 42.1 Å². The maximum Gasteiger partial charge on any atom is 0.148 e. The highest BCUT2D eigenvalue weighted by atomic mass is 79.9. The van der Waals surface area contributed by atoms with Gasteiger partial charge in [0.1, 0.15) is 22.4 Å². The summed E-state index contributed by atoms with van der Waals surface area (Å²) in [4.78, 5) is 10.6. The van der Waals surface area contributed by atoms with Crippen molar-refractivity contribution in [3.8, 4) is 0 Å². The molecule has 1 aromatic rings. The third-order valence-corrected chi connectivity index (χ3v) is 3.96. The van der Waals surface area contributed by atoms with E-state index >= 15 is 0 Å². The summed E-state index contributed by atoms with van der Waals surface area (Å²) in [6.07, 6.45) is 3.69. The number of thioether (sulfide) groups is 1. The van der Waals surface area contributed by atoms with Gasteiger partial charge in [-0.25, -0.2) is 9.97 Å². The predicted octanol–water partition coefficient (Wildman–Crippen LogP) is 2.47. The van der Waals surface area contributed by atoms with E-state index in [1.165, 1.54) is 0 Å². The van der Waals surface area contributed by atoms with E-state index in [9.17, 15) is 0 Å². The van der Waals surface area contributed by atoms with Crippen LogP contribution in [0.3, 0.4) is 0 Å². The summed E-state index contributed by atoms with van der Waals surface area (Å²) in [5, 5.41) is 3.03. The molecule has 0 saturated heterocycles. The Bertz CT molecular complexity index is 348. The zero-order valence-corrected chi connectivity index (χ0v) is 12.4. The molecule has 1 rings (SSSR count). The van der Waals surface area contributed by atoms with Gasteiger partial charge < -0.3 is 10.2 Å². The molecule has 1 unspecified atom stereocenters. The Morgan fingerprint density at radius 2 is 2.25 bits per heavy atom. The summed E-state index contributed by atoms with van der Waals surface area (Å²) < 4.78 is 0.910. The van der Waals surface area contributed by atoms with Gasteiger partial charge in [-0.15, -0.1) is 0 Å². The van der Waals surface area contributed by atoms with Gasteiger partial charge in [0.25, 0.3) is 0 Å². The lowest BCUT2D eigenvalue weighted by Crippen LogP contribution is -2.32. The molecule has 0 aliphatic heterocycles. The maximum absolute atomic E-state index is 4.31. The lowest BCUT2D eigenvalue weighted by atomic mass is 10.3. The van der Waals surface area contributed by atoms with Gasteiger partial charge in [0.15, 0.2) is 0 Å². The quantitative estimate of drug-likeness (QED) is 0.905. The summed E-state index contributed by atoms with van der Waals surface area (Å²) in [5.41, 5.74) is 0. The lowest BCUT2D eigenvalue weighted by Gasteiger charge is -2.26. The molecular weight excluding hydrogens is 288 g/mol. The molecule has 0 bridgehead atoms. The van der Waals surface area contributed by atoms with Crippen molar-refractivity contribution in [2.24, 2.45) is 0 Å². The first-order valence-electron chi connectivity index (χ1n) is 5.01. The zero-order chi connectivity index (χ0) is 12.1. The Morgan fingerprint density at radius 3 is 2.81 bits per heavy atom. The topological polar surface area (TPSA) is 41.1 Å². The van der Waals surface area contributed by atoms with Crippen LogP contribution >= 0.6 is 27.7 Å². The van der Waals surface area contributed by atoms with Crippen molar-refractivity contribution in [2.45, 2.75) is 13.0 Å². The first-order chi connectivity index (χ1) is 7.61. The average Bonchev–Trinajstić information content (AvgIpc) is 2.29. The van der Waals surface area contributed by atoms with Crippen molar-refractivity contribution in [3.63, 3.8) is 0 Å². The molecule has 0 spiro atoms. The Hall–Kier alpha value is -0.490. The molecule has 0 aliphatic carbocycles. The molecular formula is C10H17BrN4S. The third kappa shape index (κ3) is 3.01. The van der Waals surface area contributed by atoms with Gasteiger partial charge in [-0.2, -0.15) is 11.8 Å². The first-order valence-corrected chi connectivity index (χ1v) is 7.20. The number of hydrogen-bond acceptors (Lipinski definition) is 5. The molecule has 0 aliphatic rings. The minimum atomic E-state index is 0.436. The number of hydrogen-bond donors (Lipinski definition) is 1.